The van der Waals surface area contributed by atoms with Crippen LogP contribution < -0.4 is 5.32 Å². The van der Waals surface area contributed by atoms with Gasteiger partial charge in [0.25, 0.3) is 0 Å². The fourth-order valence-electron chi connectivity index (χ4n) is 2.58. The van der Waals surface area contributed by atoms with Gasteiger partial charge in [0.2, 0.25) is 0 Å². The number of guanidine groups is 1. The number of rotatable bonds is 6. The molecular weight excluding hydrogens is 439 g/mol. The molecule has 0 radical (unpaired) electrons. The maximum absolute atomic E-state index is 6.06. The molecule has 1 N–H and O–H groups in total. The van der Waals surface area contributed by atoms with Gasteiger partial charge in [-0.3, -0.25) is 9.89 Å². The van der Waals surface area contributed by atoms with Crippen LogP contribution in [0.2, 0.25) is 5.02 Å². The van der Waals surface area contributed by atoms with Crippen molar-refractivity contribution in [3.8, 4) is 0 Å². The summed E-state index contributed by atoms with van der Waals surface area (Å²) in [5.41, 5.74) is 1.18. The predicted molar refractivity (Wildman–Crippen MR) is 112 cm³/mol. The van der Waals surface area contributed by atoms with Crippen molar-refractivity contribution in [2.24, 2.45) is 4.99 Å². The Morgan fingerprint density at radius 3 is 2.79 bits per heavy atom. The van der Waals surface area contributed by atoms with E-state index in [1.807, 2.05) is 18.2 Å². The number of benzene rings is 1. The maximum Gasteiger partial charge on any atom is 0.194 e. The third-order valence-corrected chi connectivity index (χ3v) is 4.02. The maximum atomic E-state index is 6.06. The van der Waals surface area contributed by atoms with Crippen LogP contribution in [0.1, 0.15) is 12.5 Å². The third kappa shape index (κ3) is 7.55. The quantitative estimate of drug-likeness (QED) is 0.398. The molecule has 1 fully saturated rings. The second-order valence-corrected chi connectivity index (χ2v) is 6.11. The predicted octanol–water partition coefficient (Wildman–Crippen LogP) is 2.69. The molecule has 24 heavy (non-hydrogen) atoms. The van der Waals surface area contributed by atoms with Gasteiger partial charge in [-0.05, 0) is 24.6 Å². The van der Waals surface area contributed by atoms with Gasteiger partial charge in [-0.15, -0.1) is 24.0 Å². The SMILES string of the molecule is CCNC(=NCCN1CCOCC1)N(C)Cc1cccc(Cl)c1.I. The summed E-state index contributed by atoms with van der Waals surface area (Å²) in [5, 5.41) is 4.12. The lowest BCUT2D eigenvalue weighted by atomic mass is 10.2. The van der Waals surface area contributed by atoms with Crippen LogP contribution in [0.15, 0.2) is 29.3 Å². The van der Waals surface area contributed by atoms with Gasteiger partial charge < -0.3 is 15.0 Å². The second-order valence-electron chi connectivity index (χ2n) is 5.68. The molecule has 0 saturated carbocycles. The molecule has 0 aliphatic carbocycles. The van der Waals surface area contributed by atoms with Gasteiger partial charge in [0.15, 0.2) is 5.96 Å². The molecule has 1 aromatic rings. The molecule has 0 amide bonds. The van der Waals surface area contributed by atoms with E-state index in [4.69, 9.17) is 21.3 Å². The monoisotopic (exact) mass is 466 g/mol. The topological polar surface area (TPSA) is 40.1 Å². The van der Waals surface area contributed by atoms with Crippen LogP contribution in [-0.4, -0.2) is 68.7 Å². The smallest absolute Gasteiger partial charge is 0.194 e. The van der Waals surface area contributed by atoms with E-state index >= 15 is 0 Å². The lowest BCUT2D eigenvalue weighted by Crippen LogP contribution is -2.40. The van der Waals surface area contributed by atoms with Crippen molar-refractivity contribution in [2.75, 3.05) is 53.0 Å². The number of halogens is 2. The Labute approximate surface area is 167 Å². The zero-order valence-corrected chi connectivity index (χ0v) is 17.6. The number of morpholine rings is 1. The van der Waals surface area contributed by atoms with Crippen molar-refractivity contribution in [1.29, 1.82) is 0 Å². The Bertz CT molecular complexity index is 509. The third-order valence-electron chi connectivity index (χ3n) is 3.79. The van der Waals surface area contributed by atoms with Crippen LogP contribution in [0.3, 0.4) is 0 Å². The molecule has 2 rings (SSSR count). The first-order valence-electron chi connectivity index (χ1n) is 8.23. The molecule has 0 atom stereocenters. The number of nitrogens with one attached hydrogen (secondary N) is 1. The second kappa shape index (κ2) is 11.9. The van der Waals surface area contributed by atoms with Gasteiger partial charge in [0.05, 0.1) is 19.8 Å². The van der Waals surface area contributed by atoms with Crippen molar-refractivity contribution in [3.63, 3.8) is 0 Å². The summed E-state index contributed by atoms with van der Waals surface area (Å²) in [6, 6.07) is 7.95. The first-order valence-corrected chi connectivity index (χ1v) is 8.61. The summed E-state index contributed by atoms with van der Waals surface area (Å²) in [6.45, 7) is 9.17. The average molecular weight is 467 g/mol. The fraction of sp³-hybridized carbons (Fsp3) is 0.588. The van der Waals surface area contributed by atoms with Gasteiger partial charge in [0, 0.05) is 44.8 Å². The Morgan fingerprint density at radius 1 is 1.38 bits per heavy atom. The molecule has 1 aliphatic rings. The van der Waals surface area contributed by atoms with E-state index in [0.29, 0.717) is 0 Å². The summed E-state index contributed by atoms with van der Waals surface area (Å²) in [7, 11) is 2.05. The summed E-state index contributed by atoms with van der Waals surface area (Å²) in [6.07, 6.45) is 0. The van der Waals surface area contributed by atoms with E-state index in [9.17, 15) is 0 Å². The molecule has 136 valence electrons. The molecule has 0 aromatic heterocycles. The molecule has 1 saturated heterocycles. The van der Waals surface area contributed by atoms with Crippen LogP contribution in [0.25, 0.3) is 0 Å². The minimum Gasteiger partial charge on any atom is -0.379 e. The van der Waals surface area contributed by atoms with Crippen molar-refractivity contribution < 1.29 is 4.74 Å². The van der Waals surface area contributed by atoms with E-state index in [-0.39, 0.29) is 24.0 Å². The summed E-state index contributed by atoms with van der Waals surface area (Å²) in [4.78, 5) is 9.27. The highest BCUT2D eigenvalue weighted by Gasteiger charge is 2.10. The highest BCUT2D eigenvalue weighted by molar-refractivity contribution is 14.0. The van der Waals surface area contributed by atoms with Crippen LogP contribution in [0, 0.1) is 0 Å². The number of nitrogens with zero attached hydrogens (tertiary/aromatic N) is 3. The summed E-state index contributed by atoms with van der Waals surface area (Å²) in [5.74, 6) is 0.931. The zero-order valence-electron chi connectivity index (χ0n) is 14.5. The van der Waals surface area contributed by atoms with Crippen molar-refractivity contribution in [1.82, 2.24) is 15.1 Å². The van der Waals surface area contributed by atoms with Gasteiger partial charge >= 0.3 is 0 Å². The highest BCUT2D eigenvalue weighted by atomic mass is 127. The zero-order chi connectivity index (χ0) is 16.5. The van der Waals surface area contributed by atoms with Crippen molar-refractivity contribution in [3.05, 3.63) is 34.9 Å². The first-order chi connectivity index (χ1) is 11.2. The minimum absolute atomic E-state index is 0. The van der Waals surface area contributed by atoms with Crippen LogP contribution in [0.5, 0.6) is 0 Å². The number of ether oxygens (including phenoxy) is 1. The molecule has 7 heteroatoms. The highest BCUT2D eigenvalue weighted by Crippen LogP contribution is 2.12. The van der Waals surface area contributed by atoms with Crippen LogP contribution in [-0.2, 0) is 11.3 Å². The molecule has 5 nitrogen and oxygen atoms in total. The molecule has 0 unspecified atom stereocenters. The van der Waals surface area contributed by atoms with E-state index in [0.717, 1.165) is 63.5 Å². The lowest BCUT2D eigenvalue weighted by molar-refractivity contribution is 0.0394. The molecule has 1 aliphatic heterocycles. The Morgan fingerprint density at radius 2 is 2.12 bits per heavy atom. The summed E-state index contributed by atoms with van der Waals surface area (Å²) < 4.78 is 5.37. The van der Waals surface area contributed by atoms with Gasteiger partial charge in [0.1, 0.15) is 0 Å². The molecule has 0 bridgehead atoms. The minimum atomic E-state index is 0. The molecule has 1 aromatic carbocycles. The Hall–Kier alpha value is -0.570. The Balaban J connectivity index is 0.00000288. The molecular formula is C17H28ClIN4O. The standard InChI is InChI=1S/C17H27ClN4O.HI/c1-3-19-17(20-7-8-22-9-11-23-12-10-22)21(2)14-15-5-4-6-16(18)13-15;/h4-6,13H,3,7-12,14H2,1-2H3,(H,19,20);1H. The van der Waals surface area contributed by atoms with E-state index < -0.39 is 0 Å². The molecule has 0 spiro atoms. The lowest BCUT2D eigenvalue weighted by Gasteiger charge is -2.26. The molecule has 1 heterocycles. The van der Waals surface area contributed by atoms with E-state index in [1.54, 1.807) is 0 Å². The number of hydrogen-bond donors (Lipinski definition) is 1. The van der Waals surface area contributed by atoms with Gasteiger partial charge in [-0.25, -0.2) is 0 Å². The van der Waals surface area contributed by atoms with Gasteiger partial charge in [-0.1, -0.05) is 23.7 Å². The first kappa shape index (κ1) is 21.5. The van der Waals surface area contributed by atoms with E-state index in [1.165, 1.54) is 5.56 Å². The van der Waals surface area contributed by atoms with Crippen molar-refractivity contribution in [2.45, 2.75) is 13.5 Å². The average Bonchev–Trinajstić information content (AvgIpc) is 2.55. The summed E-state index contributed by atoms with van der Waals surface area (Å²) >= 11 is 6.06. The number of aliphatic imine (C=N–C) groups is 1. The van der Waals surface area contributed by atoms with Crippen LogP contribution >= 0.6 is 35.6 Å². The fourth-order valence-corrected chi connectivity index (χ4v) is 2.79. The normalized spacial score (nSPS) is 15.7. The van der Waals surface area contributed by atoms with Gasteiger partial charge in [-0.2, -0.15) is 0 Å². The Kier molecular flexibility index (Phi) is 10.6. The van der Waals surface area contributed by atoms with Crippen molar-refractivity contribution >= 4 is 41.5 Å². The van der Waals surface area contributed by atoms with Crippen LogP contribution in [0.4, 0.5) is 0 Å². The van der Waals surface area contributed by atoms with E-state index in [2.05, 4.69) is 35.2 Å². The number of hydrogen-bond acceptors (Lipinski definition) is 3. The largest absolute Gasteiger partial charge is 0.379 e.